The van der Waals surface area contributed by atoms with Crippen LogP contribution >= 0.6 is 0 Å². The Kier molecular flexibility index (Phi) is 3.13. The maximum atomic E-state index is 3.72. The van der Waals surface area contributed by atoms with E-state index in [0.29, 0.717) is 0 Å². The van der Waals surface area contributed by atoms with Crippen LogP contribution in [0.3, 0.4) is 0 Å². The number of benzene rings is 3. The summed E-state index contributed by atoms with van der Waals surface area (Å²) in [6, 6.07) is 21.8. The first-order valence-corrected chi connectivity index (χ1v) is 7.26. The summed E-state index contributed by atoms with van der Waals surface area (Å²) in [5, 5.41) is 2.75. The van der Waals surface area contributed by atoms with E-state index in [1.165, 1.54) is 33.0 Å². The molecule has 5 rings (SSSR count). The third kappa shape index (κ3) is 2.06. The third-order valence-corrected chi connectivity index (χ3v) is 3.89. The Morgan fingerprint density at radius 3 is 1.36 bits per heavy atom. The van der Waals surface area contributed by atoms with E-state index in [9.17, 15) is 0 Å². The van der Waals surface area contributed by atoms with Crippen molar-refractivity contribution in [2.45, 2.75) is 0 Å². The molecule has 1 aromatic heterocycles. The van der Waals surface area contributed by atoms with Gasteiger partial charge in [-0.3, -0.25) is 9.97 Å². The molecule has 0 spiro atoms. The molecule has 0 aliphatic heterocycles. The number of aromatic nitrogens is 2. The highest BCUT2D eigenvalue weighted by Crippen LogP contribution is 2.46. The van der Waals surface area contributed by atoms with Crippen molar-refractivity contribution in [2.24, 2.45) is 0 Å². The Morgan fingerprint density at radius 1 is 0.455 bits per heavy atom. The number of fused-ring (bicyclic) bond motifs is 3. The molecule has 0 atom stereocenters. The van der Waals surface area contributed by atoms with Gasteiger partial charge in [0.2, 0.25) is 0 Å². The standard InChI is InChI=1S/C16H10.C4H4N2/c1-2-8-13-12(7-1)14-9-3-5-11-6-4-10-15(13)16(11)14;1-2-6-4-3-5-1/h1-10H;1-4H. The van der Waals surface area contributed by atoms with Gasteiger partial charge in [0.05, 0.1) is 0 Å². The van der Waals surface area contributed by atoms with Crippen molar-refractivity contribution >= 4 is 10.8 Å². The molecule has 0 radical (unpaired) electrons. The van der Waals surface area contributed by atoms with Gasteiger partial charge in [-0.1, -0.05) is 60.7 Å². The summed E-state index contributed by atoms with van der Waals surface area (Å²) in [4.78, 5) is 7.44. The largest absolute Gasteiger partial charge is 0.262 e. The van der Waals surface area contributed by atoms with Crippen molar-refractivity contribution in [3.05, 3.63) is 85.5 Å². The molecule has 2 heteroatoms. The Balaban J connectivity index is 0.000000177. The number of hydrogen-bond acceptors (Lipinski definition) is 2. The molecule has 4 aromatic rings. The molecule has 0 amide bonds. The average Bonchev–Trinajstić information content (AvgIpc) is 2.94. The van der Waals surface area contributed by atoms with Gasteiger partial charge in [0.25, 0.3) is 0 Å². The van der Waals surface area contributed by atoms with E-state index >= 15 is 0 Å². The average molecular weight is 282 g/mol. The zero-order chi connectivity index (χ0) is 14.8. The fraction of sp³-hybridized carbons (Fsp3) is 0. The molecule has 104 valence electrons. The molecule has 0 fully saturated rings. The summed E-state index contributed by atoms with van der Waals surface area (Å²) in [6.07, 6.45) is 6.56. The van der Waals surface area contributed by atoms with Crippen molar-refractivity contribution in [2.75, 3.05) is 0 Å². The highest BCUT2D eigenvalue weighted by atomic mass is 14.7. The lowest BCUT2D eigenvalue weighted by molar-refractivity contribution is 1.20. The molecular weight excluding hydrogens is 268 g/mol. The van der Waals surface area contributed by atoms with Crippen LogP contribution < -0.4 is 0 Å². The van der Waals surface area contributed by atoms with Crippen LogP contribution in [0.2, 0.25) is 0 Å². The van der Waals surface area contributed by atoms with Gasteiger partial charge in [0, 0.05) is 24.8 Å². The molecule has 22 heavy (non-hydrogen) atoms. The smallest absolute Gasteiger partial charge is 0.0451 e. The van der Waals surface area contributed by atoms with Crippen LogP contribution in [0, 0.1) is 0 Å². The molecule has 0 N–H and O–H groups in total. The fourth-order valence-corrected chi connectivity index (χ4v) is 3.00. The molecule has 0 saturated heterocycles. The molecule has 0 bridgehead atoms. The van der Waals surface area contributed by atoms with Gasteiger partial charge in [-0.05, 0) is 33.0 Å². The maximum Gasteiger partial charge on any atom is 0.0451 e. The van der Waals surface area contributed by atoms with Gasteiger partial charge in [-0.15, -0.1) is 0 Å². The van der Waals surface area contributed by atoms with Gasteiger partial charge in [0.15, 0.2) is 0 Å². The van der Waals surface area contributed by atoms with Crippen LogP contribution in [0.25, 0.3) is 33.0 Å². The molecule has 0 unspecified atom stereocenters. The minimum atomic E-state index is 1.34. The van der Waals surface area contributed by atoms with Crippen molar-refractivity contribution in [1.82, 2.24) is 9.97 Å². The number of hydrogen-bond donors (Lipinski definition) is 0. The lowest BCUT2D eigenvalue weighted by Crippen LogP contribution is -1.73. The minimum absolute atomic E-state index is 1.34. The minimum Gasteiger partial charge on any atom is -0.262 e. The van der Waals surface area contributed by atoms with E-state index in [-0.39, 0.29) is 0 Å². The van der Waals surface area contributed by atoms with Gasteiger partial charge in [-0.2, -0.15) is 0 Å². The molecule has 3 aromatic carbocycles. The number of nitrogens with zero attached hydrogens (tertiary/aromatic N) is 2. The molecule has 1 aliphatic rings. The first-order chi connectivity index (χ1) is 10.9. The van der Waals surface area contributed by atoms with Gasteiger partial charge >= 0.3 is 0 Å². The van der Waals surface area contributed by atoms with Gasteiger partial charge in [-0.25, -0.2) is 0 Å². The highest BCUT2D eigenvalue weighted by Gasteiger charge is 2.19. The molecular formula is C20H14N2. The second kappa shape index (κ2) is 5.41. The fourth-order valence-electron chi connectivity index (χ4n) is 3.00. The molecule has 0 saturated carbocycles. The van der Waals surface area contributed by atoms with Crippen molar-refractivity contribution in [3.8, 4) is 22.3 Å². The Labute approximate surface area is 129 Å². The van der Waals surface area contributed by atoms with Crippen LogP contribution in [0.15, 0.2) is 85.5 Å². The lowest BCUT2D eigenvalue weighted by atomic mass is 10.0. The van der Waals surface area contributed by atoms with Crippen LogP contribution in [0.4, 0.5) is 0 Å². The van der Waals surface area contributed by atoms with E-state index < -0.39 is 0 Å². The van der Waals surface area contributed by atoms with E-state index in [2.05, 4.69) is 70.6 Å². The van der Waals surface area contributed by atoms with Crippen LogP contribution in [-0.4, -0.2) is 9.97 Å². The van der Waals surface area contributed by atoms with Crippen LogP contribution in [-0.2, 0) is 0 Å². The summed E-state index contributed by atoms with van der Waals surface area (Å²) in [7, 11) is 0. The second-order valence-corrected chi connectivity index (χ2v) is 5.15. The van der Waals surface area contributed by atoms with Crippen molar-refractivity contribution in [3.63, 3.8) is 0 Å². The molecule has 2 nitrogen and oxygen atoms in total. The van der Waals surface area contributed by atoms with Crippen molar-refractivity contribution < 1.29 is 0 Å². The summed E-state index contributed by atoms with van der Waals surface area (Å²) in [5.41, 5.74) is 5.50. The predicted octanol–water partition coefficient (Wildman–Crippen LogP) is 4.96. The Hall–Kier alpha value is -3.00. The van der Waals surface area contributed by atoms with E-state index in [1.54, 1.807) is 24.8 Å². The first-order valence-electron chi connectivity index (χ1n) is 7.26. The monoisotopic (exact) mass is 282 g/mol. The zero-order valence-corrected chi connectivity index (χ0v) is 12.0. The maximum absolute atomic E-state index is 3.72. The summed E-state index contributed by atoms with van der Waals surface area (Å²) < 4.78 is 0. The lowest BCUT2D eigenvalue weighted by Gasteiger charge is -2.00. The zero-order valence-electron chi connectivity index (χ0n) is 12.0. The van der Waals surface area contributed by atoms with Gasteiger partial charge < -0.3 is 0 Å². The normalized spacial score (nSPS) is 10.7. The van der Waals surface area contributed by atoms with E-state index in [1.807, 2.05) is 0 Å². The summed E-state index contributed by atoms with van der Waals surface area (Å²) >= 11 is 0. The third-order valence-electron chi connectivity index (χ3n) is 3.89. The number of rotatable bonds is 0. The predicted molar refractivity (Wildman–Crippen MR) is 90.4 cm³/mol. The SMILES string of the molecule is c1ccc2c(c1)-c1cccc3cccc-2c13.c1cnccn1. The second-order valence-electron chi connectivity index (χ2n) is 5.15. The van der Waals surface area contributed by atoms with Crippen molar-refractivity contribution in [1.29, 1.82) is 0 Å². The Bertz CT molecular complexity index is 846. The van der Waals surface area contributed by atoms with E-state index in [0.717, 1.165) is 0 Å². The quantitative estimate of drug-likeness (QED) is 0.401. The first kappa shape index (κ1) is 12.7. The van der Waals surface area contributed by atoms with Gasteiger partial charge in [0.1, 0.15) is 0 Å². The Morgan fingerprint density at radius 2 is 0.909 bits per heavy atom. The summed E-state index contributed by atoms with van der Waals surface area (Å²) in [6.45, 7) is 0. The highest BCUT2D eigenvalue weighted by molar-refractivity contribution is 6.15. The molecule has 1 heterocycles. The van der Waals surface area contributed by atoms with Crippen LogP contribution in [0.1, 0.15) is 0 Å². The van der Waals surface area contributed by atoms with E-state index in [4.69, 9.17) is 0 Å². The molecule has 1 aliphatic carbocycles. The summed E-state index contributed by atoms with van der Waals surface area (Å²) in [5.74, 6) is 0. The van der Waals surface area contributed by atoms with Crippen LogP contribution in [0.5, 0.6) is 0 Å². The topological polar surface area (TPSA) is 25.8 Å².